The van der Waals surface area contributed by atoms with Gasteiger partial charge in [0, 0.05) is 17.0 Å². The maximum Gasteiger partial charge on any atom is 0.0688 e. The monoisotopic (exact) mass is 239 g/mol. The van der Waals surface area contributed by atoms with Gasteiger partial charge in [-0.2, -0.15) is 0 Å². The Bertz CT molecular complexity index is 319. The molecule has 1 aromatic carbocycles. The van der Waals surface area contributed by atoms with Gasteiger partial charge in [-0.25, -0.2) is 0 Å². The van der Waals surface area contributed by atoms with E-state index in [1.54, 1.807) is 11.8 Å². The summed E-state index contributed by atoms with van der Waals surface area (Å²) < 4.78 is 0. The Morgan fingerprint density at radius 3 is 2.31 bits per heavy atom. The standard InChI is InChI=1S/C13H21NOS/c1-10(15)13(2,3)14-9-11-5-7-12(16-4)8-6-11/h5-8,10,14-15H,9H2,1-4H3. The number of hydrogen-bond donors (Lipinski definition) is 2. The Kier molecular flexibility index (Phi) is 4.84. The van der Waals surface area contributed by atoms with Crippen LogP contribution in [0.25, 0.3) is 0 Å². The van der Waals surface area contributed by atoms with Crippen LogP contribution in [-0.4, -0.2) is 23.0 Å². The molecule has 2 N–H and O–H groups in total. The van der Waals surface area contributed by atoms with E-state index in [0.717, 1.165) is 6.54 Å². The second kappa shape index (κ2) is 5.71. The molecule has 0 heterocycles. The quantitative estimate of drug-likeness (QED) is 0.775. The molecule has 0 bridgehead atoms. The first kappa shape index (κ1) is 13.6. The smallest absolute Gasteiger partial charge is 0.0688 e. The molecule has 0 fully saturated rings. The van der Waals surface area contributed by atoms with Crippen molar-refractivity contribution < 1.29 is 5.11 Å². The first-order chi connectivity index (χ1) is 7.45. The Labute approximate surface area is 102 Å². The van der Waals surface area contributed by atoms with E-state index in [4.69, 9.17) is 0 Å². The number of hydrogen-bond acceptors (Lipinski definition) is 3. The van der Waals surface area contributed by atoms with Crippen molar-refractivity contribution in [3.63, 3.8) is 0 Å². The number of nitrogens with one attached hydrogen (secondary N) is 1. The van der Waals surface area contributed by atoms with E-state index < -0.39 is 0 Å². The fourth-order valence-electron chi connectivity index (χ4n) is 1.22. The summed E-state index contributed by atoms with van der Waals surface area (Å²) in [6.45, 7) is 6.61. The van der Waals surface area contributed by atoms with Crippen molar-refractivity contribution >= 4 is 11.8 Å². The fourth-order valence-corrected chi connectivity index (χ4v) is 1.63. The third kappa shape index (κ3) is 3.81. The Balaban J connectivity index is 2.54. The number of aliphatic hydroxyl groups is 1. The van der Waals surface area contributed by atoms with Crippen LogP contribution in [0.2, 0.25) is 0 Å². The summed E-state index contributed by atoms with van der Waals surface area (Å²) in [5.74, 6) is 0. The van der Waals surface area contributed by atoms with E-state index in [0.29, 0.717) is 0 Å². The average Bonchev–Trinajstić information content (AvgIpc) is 2.27. The highest BCUT2D eigenvalue weighted by Crippen LogP contribution is 2.16. The molecule has 0 aliphatic heterocycles. The number of benzene rings is 1. The van der Waals surface area contributed by atoms with Crippen molar-refractivity contribution in [3.8, 4) is 0 Å². The minimum Gasteiger partial charge on any atom is -0.392 e. The summed E-state index contributed by atoms with van der Waals surface area (Å²) in [7, 11) is 0. The zero-order valence-corrected chi connectivity index (χ0v) is 11.3. The summed E-state index contributed by atoms with van der Waals surface area (Å²) in [4.78, 5) is 1.28. The van der Waals surface area contributed by atoms with Gasteiger partial charge in [-0.15, -0.1) is 11.8 Å². The normalized spacial score (nSPS) is 13.8. The molecule has 1 rings (SSSR count). The van der Waals surface area contributed by atoms with E-state index in [1.807, 2.05) is 20.8 Å². The lowest BCUT2D eigenvalue weighted by Crippen LogP contribution is -2.47. The second-order valence-corrected chi connectivity index (χ2v) is 5.48. The van der Waals surface area contributed by atoms with Gasteiger partial charge in [-0.05, 0) is 44.7 Å². The van der Waals surface area contributed by atoms with Crippen molar-refractivity contribution in [2.24, 2.45) is 0 Å². The van der Waals surface area contributed by atoms with Crippen molar-refractivity contribution in [1.29, 1.82) is 0 Å². The van der Waals surface area contributed by atoms with Crippen LogP contribution in [0.3, 0.4) is 0 Å². The van der Waals surface area contributed by atoms with Gasteiger partial charge < -0.3 is 10.4 Å². The molecule has 0 amide bonds. The molecule has 1 unspecified atom stereocenters. The Hall–Kier alpha value is -0.510. The van der Waals surface area contributed by atoms with Crippen LogP contribution < -0.4 is 5.32 Å². The highest BCUT2D eigenvalue weighted by molar-refractivity contribution is 7.98. The molecular weight excluding hydrogens is 218 g/mol. The van der Waals surface area contributed by atoms with E-state index >= 15 is 0 Å². The van der Waals surface area contributed by atoms with Crippen molar-refractivity contribution in [2.75, 3.05) is 6.26 Å². The van der Waals surface area contributed by atoms with Crippen molar-refractivity contribution in [2.45, 2.75) is 43.9 Å². The zero-order valence-electron chi connectivity index (χ0n) is 10.4. The first-order valence-electron chi connectivity index (χ1n) is 5.52. The van der Waals surface area contributed by atoms with Gasteiger partial charge in [-0.1, -0.05) is 12.1 Å². The molecule has 3 heteroatoms. The second-order valence-electron chi connectivity index (χ2n) is 4.60. The molecule has 1 aromatic rings. The largest absolute Gasteiger partial charge is 0.392 e. The fraction of sp³-hybridized carbons (Fsp3) is 0.538. The molecule has 0 aliphatic carbocycles. The van der Waals surface area contributed by atoms with Crippen LogP contribution in [0.4, 0.5) is 0 Å². The topological polar surface area (TPSA) is 32.3 Å². The maximum atomic E-state index is 9.57. The average molecular weight is 239 g/mol. The predicted octanol–water partition coefficient (Wildman–Crippen LogP) is 2.66. The van der Waals surface area contributed by atoms with Crippen LogP contribution in [0.15, 0.2) is 29.2 Å². The highest BCUT2D eigenvalue weighted by Gasteiger charge is 2.22. The van der Waals surface area contributed by atoms with Gasteiger partial charge in [0.2, 0.25) is 0 Å². The number of thioether (sulfide) groups is 1. The van der Waals surface area contributed by atoms with Crippen LogP contribution >= 0.6 is 11.8 Å². The number of aliphatic hydroxyl groups excluding tert-OH is 1. The molecule has 0 saturated heterocycles. The molecule has 0 radical (unpaired) electrons. The van der Waals surface area contributed by atoms with Crippen LogP contribution in [0, 0.1) is 0 Å². The molecule has 2 nitrogen and oxygen atoms in total. The minimum absolute atomic E-state index is 0.252. The molecule has 16 heavy (non-hydrogen) atoms. The first-order valence-corrected chi connectivity index (χ1v) is 6.74. The van der Waals surface area contributed by atoms with Crippen LogP contribution in [0.1, 0.15) is 26.3 Å². The van der Waals surface area contributed by atoms with E-state index in [9.17, 15) is 5.11 Å². The molecule has 0 spiro atoms. The molecule has 90 valence electrons. The molecular formula is C13H21NOS. The van der Waals surface area contributed by atoms with Gasteiger partial charge in [0.15, 0.2) is 0 Å². The molecule has 1 atom stereocenters. The van der Waals surface area contributed by atoms with Gasteiger partial charge in [0.05, 0.1) is 6.10 Å². The summed E-state index contributed by atoms with van der Waals surface area (Å²) >= 11 is 1.75. The summed E-state index contributed by atoms with van der Waals surface area (Å²) in [6, 6.07) is 8.49. The van der Waals surface area contributed by atoms with E-state index in [2.05, 4.69) is 35.8 Å². The van der Waals surface area contributed by atoms with Crippen molar-refractivity contribution in [3.05, 3.63) is 29.8 Å². The maximum absolute atomic E-state index is 9.57. The Morgan fingerprint density at radius 1 is 1.31 bits per heavy atom. The lowest BCUT2D eigenvalue weighted by atomic mass is 9.98. The van der Waals surface area contributed by atoms with Gasteiger partial charge in [0.1, 0.15) is 0 Å². The minimum atomic E-state index is -0.363. The van der Waals surface area contributed by atoms with E-state index in [1.165, 1.54) is 10.5 Å². The predicted molar refractivity (Wildman–Crippen MR) is 70.8 cm³/mol. The van der Waals surface area contributed by atoms with E-state index in [-0.39, 0.29) is 11.6 Å². The summed E-state index contributed by atoms with van der Waals surface area (Å²) in [5.41, 5.74) is 0.990. The molecule has 0 aliphatic rings. The lowest BCUT2D eigenvalue weighted by molar-refractivity contribution is 0.0956. The third-order valence-electron chi connectivity index (χ3n) is 2.95. The van der Waals surface area contributed by atoms with Gasteiger partial charge >= 0.3 is 0 Å². The van der Waals surface area contributed by atoms with Crippen LogP contribution in [0.5, 0.6) is 0 Å². The number of rotatable bonds is 5. The molecule has 0 saturated carbocycles. The van der Waals surface area contributed by atoms with Gasteiger partial charge in [0.25, 0.3) is 0 Å². The molecule has 0 aromatic heterocycles. The zero-order chi connectivity index (χ0) is 12.2. The summed E-state index contributed by atoms with van der Waals surface area (Å²) in [5, 5.41) is 12.9. The Morgan fingerprint density at radius 2 is 1.88 bits per heavy atom. The third-order valence-corrected chi connectivity index (χ3v) is 3.70. The highest BCUT2D eigenvalue weighted by atomic mass is 32.2. The lowest BCUT2D eigenvalue weighted by Gasteiger charge is -2.29. The summed E-state index contributed by atoms with van der Waals surface area (Å²) in [6.07, 6.45) is 1.71. The SMILES string of the molecule is CSc1ccc(CNC(C)(C)C(C)O)cc1. The van der Waals surface area contributed by atoms with Crippen LogP contribution in [-0.2, 0) is 6.54 Å². The van der Waals surface area contributed by atoms with Crippen molar-refractivity contribution in [1.82, 2.24) is 5.32 Å². The van der Waals surface area contributed by atoms with Gasteiger partial charge in [-0.3, -0.25) is 0 Å².